The van der Waals surface area contributed by atoms with E-state index in [4.69, 9.17) is 0 Å². The van der Waals surface area contributed by atoms with Gasteiger partial charge in [0.1, 0.15) is 0 Å². The summed E-state index contributed by atoms with van der Waals surface area (Å²) in [7, 11) is 0. The van der Waals surface area contributed by atoms with Crippen molar-refractivity contribution in [3.05, 3.63) is 35.9 Å². The Morgan fingerprint density at radius 3 is 1.66 bits per heavy atom. The van der Waals surface area contributed by atoms with Gasteiger partial charge in [0.2, 0.25) is 0 Å². The van der Waals surface area contributed by atoms with Gasteiger partial charge in [-0.15, -0.1) is 0 Å². The van der Waals surface area contributed by atoms with Crippen molar-refractivity contribution in [1.29, 1.82) is 0 Å². The second kappa shape index (κ2) is 15.3. The highest BCUT2D eigenvalue weighted by Crippen LogP contribution is 2.11. The summed E-state index contributed by atoms with van der Waals surface area (Å²) < 4.78 is 35.3. The van der Waals surface area contributed by atoms with Gasteiger partial charge in [-0.25, -0.2) is 26.5 Å². The maximum atomic E-state index is 12.4. The van der Waals surface area contributed by atoms with Crippen molar-refractivity contribution in [2.24, 2.45) is 0 Å². The zero-order valence-corrected chi connectivity index (χ0v) is 21.0. The van der Waals surface area contributed by atoms with Crippen molar-refractivity contribution in [2.45, 2.75) is 57.9 Å². The van der Waals surface area contributed by atoms with Crippen LogP contribution in [0.5, 0.6) is 0 Å². The largest absolute Gasteiger partial charge is 0.299 e. The fraction of sp³-hybridized carbons (Fsp3) is 0.739. The molecule has 1 aromatic carbocycles. The first kappa shape index (κ1) is 25.9. The third kappa shape index (κ3) is 9.67. The summed E-state index contributed by atoms with van der Waals surface area (Å²) in [6.45, 7) is 8.07. The molecule has 2 atom stereocenters. The first-order valence-electron chi connectivity index (χ1n) is 12.3. The van der Waals surface area contributed by atoms with Crippen LogP contribution in [0, 0.1) is 0 Å². The summed E-state index contributed by atoms with van der Waals surface area (Å²) in [4.78, 5) is 2.45. The van der Waals surface area contributed by atoms with E-state index in [0.717, 1.165) is 97.4 Å². The third-order valence-electron chi connectivity index (χ3n) is 6.10. The predicted octanol–water partition coefficient (Wildman–Crippen LogP) is 2.58. The van der Waals surface area contributed by atoms with Crippen LogP contribution in [-0.2, 0) is 28.9 Å². The Labute approximate surface area is 199 Å². The van der Waals surface area contributed by atoms with Crippen LogP contribution >= 0.6 is 0 Å². The van der Waals surface area contributed by atoms with E-state index in [1.807, 2.05) is 6.07 Å². The minimum Gasteiger partial charge on any atom is -0.299 e. The number of benzene rings is 1. The Hall–Kier alpha value is -0.680. The van der Waals surface area contributed by atoms with Crippen molar-refractivity contribution in [2.75, 3.05) is 52.4 Å². The third-order valence-corrected chi connectivity index (χ3v) is 8.67. The highest BCUT2D eigenvalue weighted by atomic mass is 32.2. The SMILES string of the molecule is O=S(NCCCN(CCCNS(=O)N1CCCCC1)Cc1ccccc1)N1CCCCC1. The van der Waals surface area contributed by atoms with Crippen molar-refractivity contribution in [3.8, 4) is 0 Å². The van der Waals surface area contributed by atoms with Crippen LogP contribution in [0.4, 0.5) is 0 Å². The summed E-state index contributed by atoms with van der Waals surface area (Å²) in [6.07, 6.45) is 9.01. The van der Waals surface area contributed by atoms with Crippen LogP contribution in [0.1, 0.15) is 56.9 Å². The number of piperidine rings is 2. The van der Waals surface area contributed by atoms with Gasteiger partial charge >= 0.3 is 0 Å². The highest BCUT2D eigenvalue weighted by Gasteiger charge is 2.17. The lowest BCUT2D eigenvalue weighted by Crippen LogP contribution is -2.40. The van der Waals surface area contributed by atoms with E-state index in [0.29, 0.717) is 0 Å². The molecule has 182 valence electrons. The molecule has 2 N–H and O–H groups in total. The predicted molar refractivity (Wildman–Crippen MR) is 134 cm³/mol. The van der Waals surface area contributed by atoms with Crippen LogP contribution in [0.25, 0.3) is 0 Å². The summed E-state index contributed by atoms with van der Waals surface area (Å²) >= 11 is -2.12. The van der Waals surface area contributed by atoms with Gasteiger partial charge in [0.15, 0.2) is 22.3 Å². The Kier molecular flexibility index (Phi) is 12.4. The lowest BCUT2D eigenvalue weighted by Gasteiger charge is -2.26. The Balaban J connectivity index is 1.37. The maximum Gasteiger partial charge on any atom is 0.169 e. The Morgan fingerprint density at radius 1 is 0.719 bits per heavy atom. The molecular formula is C23H41N5O2S2. The molecule has 3 rings (SSSR count). The van der Waals surface area contributed by atoms with Crippen molar-refractivity contribution >= 4 is 22.3 Å². The zero-order valence-electron chi connectivity index (χ0n) is 19.4. The molecule has 0 saturated carbocycles. The minimum atomic E-state index is -1.06. The molecule has 2 aliphatic heterocycles. The summed E-state index contributed by atoms with van der Waals surface area (Å²) in [5, 5.41) is 0. The molecule has 2 unspecified atom stereocenters. The molecule has 2 heterocycles. The second-order valence-electron chi connectivity index (χ2n) is 8.74. The molecule has 1 aromatic rings. The minimum absolute atomic E-state index is 0.756. The van der Waals surface area contributed by atoms with E-state index in [1.165, 1.54) is 18.4 Å². The molecule has 9 heteroatoms. The Bertz CT molecular complexity index is 644. The summed E-state index contributed by atoms with van der Waals surface area (Å²) in [5.74, 6) is 0. The van der Waals surface area contributed by atoms with Gasteiger partial charge in [0.05, 0.1) is 0 Å². The van der Waals surface area contributed by atoms with Crippen molar-refractivity contribution in [1.82, 2.24) is 23.0 Å². The van der Waals surface area contributed by atoms with Crippen LogP contribution in [-0.4, -0.2) is 74.3 Å². The first-order chi connectivity index (χ1) is 15.7. The second-order valence-corrected chi connectivity index (χ2v) is 11.3. The van der Waals surface area contributed by atoms with E-state index in [9.17, 15) is 8.42 Å². The normalized spacial score (nSPS) is 20.4. The van der Waals surface area contributed by atoms with Crippen LogP contribution in [0.3, 0.4) is 0 Å². The van der Waals surface area contributed by atoms with Gasteiger partial charge in [-0.2, -0.15) is 0 Å². The van der Waals surface area contributed by atoms with Crippen LogP contribution < -0.4 is 9.44 Å². The lowest BCUT2D eigenvalue weighted by molar-refractivity contribution is 0.259. The monoisotopic (exact) mass is 483 g/mol. The van der Waals surface area contributed by atoms with E-state index in [1.54, 1.807) is 0 Å². The van der Waals surface area contributed by atoms with E-state index >= 15 is 0 Å². The average molecular weight is 484 g/mol. The average Bonchev–Trinajstić information content (AvgIpc) is 2.85. The standard InChI is InChI=1S/C23H41N5O2S2/c29-31(27-18-6-2-7-19-27)24-14-10-16-26(22-23-12-4-1-5-13-23)17-11-15-25-32(30)28-20-8-3-9-21-28/h1,4-5,12-13,24-25H,2-3,6-11,14-22H2. The smallest absolute Gasteiger partial charge is 0.169 e. The number of nitrogens with zero attached hydrogens (tertiary/aromatic N) is 3. The molecule has 0 bridgehead atoms. The van der Waals surface area contributed by atoms with Gasteiger partial charge in [-0.05, 0) is 57.2 Å². The molecule has 7 nitrogen and oxygen atoms in total. The molecule has 32 heavy (non-hydrogen) atoms. The van der Waals surface area contributed by atoms with E-state index in [-0.39, 0.29) is 0 Å². The highest BCUT2D eigenvalue weighted by molar-refractivity contribution is 7.80. The van der Waals surface area contributed by atoms with Crippen molar-refractivity contribution < 1.29 is 8.42 Å². The van der Waals surface area contributed by atoms with Gasteiger partial charge in [-0.3, -0.25) is 4.90 Å². The Morgan fingerprint density at radius 2 is 1.19 bits per heavy atom. The molecule has 2 aliphatic rings. The molecule has 0 aromatic heterocycles. The summed E-state index contributed by atoms with van der Waals surface area (Å²) in [6, 6.07) is 10.6. The zero-order chi connectivity index (χ0) is 22.4. The number of rotatable bonds is 14. The van der Waals surface area contributed by atoms with Gasteiger partial charge in [0.25, 0.3) is 0 Å². The maximum absolute atomic E-state index is 12.4. The van der Waals surface area contributed by atoms with Gasteiger partial charge < -0.3 is 0 Å². The lowest BCUT2D eigenvalue weighted by atomic mass is 10.2. The fourth-order valence-corrected chi connectivity index (χ4v) is 6.46. The number of hydrogen-bond acceptors (Lipinski definition) is 3. The van der Waals surface area contributed by atoms with E-state index in [2.05, 4.69) is 47.2 Å². The molecule has 0 radical (unpaired) electrons. The van der Waals surface area contributed by atoms with Crippen LogP contribution in [0.15, 0.2) is 30.3 Å². The molecule has 2 saturated heterocycles. The summed E-state index contributed by atoms with van der Waals surface area (Å²) in [5.41, 5.74) is 1.31. The molecule has 0 spiro atoms. The molecule has 2 fully saturated rings. The fourth-order valence-electron chi connectivity index (χ4n) is 4.28. The van der Waals surface area contributed by atoms with Crippen molar-refractivity contribution in [3.63, 3.8) is 0 Å². The number of nitrogens with one attached hydrogen (secondary N) is 2. The van der Waals surface area contributed by atoms with E-state index < -0.39 is 22.3 Å². The number of hydrogen-bond donors (Lipinski definition) is 2. The first-order valence-corrected chi connectivity index (χ1v) is 14.5. The molecule has 0 amide bonds. The van der Waals surface area contributed by atoms with Gasteiger partial charge in [-0.1, -0.05) is 43.2 Å². The topological polar surface area (TPSA) is 67.9 Å². The molecule has 0 aliphatic carbocycles. The quantitative estimate of drug-likeness (QED) is 0.400. The molecular weight excluding hydrogens is 442 g/mol. The van der Waals surface area contributed by atoms with Crippen LogP contribution in [0.2, 0.25) is 0 Å². The van der Waals surface area contributed by atoms with Gasteiger partial charge in [0, 0.05) is 45.8 Å².